The number of ether oxygens (including phenoxy) is 1. The van der Waals surface area contributed by atoms with Crippen LogP contribution in [0.4, 0.5) is 0 Å². The van der Waals surface area contributed by atoms with Crippen molar-refractivity contribution in [1.82, 2.24) is 4.90 Å². The molecule has 2 unspecified atom stereocenters. The van der Waals surface area contributed by atoms with E-state index in [0.29, 0.717) is 12.1 Å². The van der Waals surface area contributed by atoms with Gasteiger partial charge in [0.15, 0.2) is 0 Å². The molecule has 2 N–H and O–H groups in total. The van der Waals surface area contributed by atoms with E-state index in [0.717, 1.165) is 25.6 Å². The third-order valence-corrected chi connectivity index (χ3v) is 4.07. The van der Waals surface area contributed by atoms with Crippen LogP contribution in [-0.2, 0) is 4.74 Å². The Bertz CT molecular complexity index is 198. The summed E-state index contributed by atoms with van der Waals surface area (Å²) in [5.74, 6) is 0.770. The smallest absolute Gasteiger partial charge is 0.0702 e. The van der Waals surface area contributed by atoms with Crippen molar-refractivity contribution in [1.29, 1.82) is 0 Å². The van der Waals surface area contributed by atoms with E-state index in [-0.39, 0.29) is 0 Å². The standard InChI is InChI=1S/C13H26N2O/c1-15(9-12-7-4-8-16-12)10-13(14)11-5-2-3-6-11/h11-13H,2-10,14H2,1H3. The number of hydrogen-bond donors (Lipinski definition) is 1. The van der Waals surface area contributed by atoms with Gasteiger partial charge in [-0.15, -0.1) is 0 Å². The van der Waals surface area contributed by atoms with E-state index in [2.05, 4.69) is 11.9 Å². The highest BCUT2D eigenvalue weighted by atomic mass is 16.5. The molecule has 1 aliphatic heterocycles. The molecule has 16 heavy (non-hydrogen) atoms. The van der Waals surface area contributed by atoms with E-state index in [1.54, 1.807) is 0 Å². The Hall–Kier alpha value is -0.120. The van der Waals surface area contributed by atoms with E-state index in [9.17, 15) is 0 Å². The lowest BCUT2D eigenvalue weighted by molar-refractivity contribution is 0.0777. The first kappa shape index (κ1) is 12.3. The molecule has 2 rings (SSSR count). The second kappa shape index (κ2) is 5.99. The minimum absolute atomic E-state index is 0.369. The molecular formula is C13H26N2O. The van der Waals surface area contributed by atoms with Gasteiger partial charge in [-0.25, -0.2) is 0 Å². The van der Waals surface area contributed by atoms with Crippen molar-refractivity contribution in [3.8, 4) is 0 Å². The largest absolute Gasteiger partial charge is 0.377 e. The summed E-state index contributed by atoms with van der Waals surface area (Å²) in [4.78, 5) is 2.36. The summed E-state index contributed by atoms with van der Waals surface area (Å²) in [5, 5.41) is 0. The van der Waals surface area contributed by atoms with Gasteiger partial charge < -0.3 is 15.4 Å². The molecule has 0 amide bonds. The number of nitrogens with zero attached hydrogens (tertiary/aromatic N) is 1. The highest BCUT2D eigenvalue weighted by molar-refractivity contribution is 4.81. The van der Waals surface area contributed by atoms with Crippen molar-refractivity contribution in [3.63, 3.8) is 0 Å². The van der Waals surface area contributed by atoms with Crippen LogP contribution in [0.15, 0.2) is 0 Å². The molecule has 94 valence electrons. The molecule has 2 atom stereocenters. The maximum atomic E-state index is 6.27. The fourth-order valence-corrected chi connectivity index (χ4v) is 3.10. The molecule has 2 aliphatic rings. The lowest BCUT2D eigenvalue weighted by Crippen LogP contribution is -2.42. The van der Waals surface area contributed by atoms with Crippen molar-refractivity contribution in [2.75, 3.05) is 26.7 Å². The molecule has 0 radical (unpaired) electrons. The summed E-state index contributed by atoms with van der Waals surface area (Å²) in [5.41, 5.74) is 6.27. The Kier molecular flexibility index (Phi) is 4.62. The van der Waals surface area contributed by atoms with Gasteiger partial charge in [-0.05, 0) is 38.6 Å². The molecule has 3 nitrogen and oxygen atoms in total. The zero-order chi connectivity index (χ0) is 11.4. The highest BCUT2D eigenvalue weighted by Crippen LogP contribution is 2.27. The van der Waals surface area contributed by atoms with Crippen LogP contribution in [0.25, 0.3) is 0 Å². The lowest BCUT2D eigenvalue weighted by atomic mass is 9.98. The van der Waals surface area contributed by atoms with Crippen LogP contribution in [0.3, 0.4) is 0 Å². The average molecular weight is 226 g/mol. The summed E-state index contributed by atoms with van der Waals surface area (Å²) < 4.78 is 5.65. The summed E-state index contributed by atoms with van der Waals surface area (Å²) in [7, 11) is 2.18. The molecule has 1 saturated heterocycles. The summed E-state index contributed by atoms with van der Waals surface area (Å²) >= 11 is 0. The van der Waals surface area contributed by atoms with Crippen molar-refractivity contribution in [2.45, 2.75) is 50.7 Å². The summed E-state index contributed by atoms with van der Waals surface area (Å²) in [6.07, 6.45) is 8.36. The third-order valence-electron chi connectivity index (χ3n) is 4.07. The van der Waals surface area contributed by atoms with Gasteiger partial charge in [0.25, 0.3) is 0 Å². The van der Waals surface area contributed by atoms with Crippen LogP contribution < -0.4 is 5.73 Å². The Morgan fingerprint density at radius 3 is 2.62 bits per heavy atom. The molecule has 0 aromatic rings. The van der Waals surface area contributed by atoms with Gasteiger partial charge in [-0.1, -0.05) is 12.8 Å². The summed E-state index contributed by atoms with van der Waals surface area (Å²) in [6.45, 7) is 3.04. The van der Waals surface area contributed by atoms with Crippen LogP contribution in [0.1, 0.15) is 38.5 Å². The highest BCUT2D eigenvalue weighted by Gasteiger charge is 2.24. The normalized spacial score (nSPS) is 29.1. The van der Waals surface area contributed by atoms with E-state index in [4.69, 9.17) is 10.5 Å². The minimum atomic E-state index is 0.369. The maximum absolute atomic E-state index is 6.27. The molecule has 1 heterocycles. The molecule has 0 aromatic heterocycles. The number of rotatable bonds is 5. The van der Waals surface area contributed by atoms with Crippen LogP contribution in [-0.4, -0.2) is 43.8 Å². The molecule has 0 spiro atoms. The fourth-order valence-electron chi connectivity index (χ4n) is 3.10. The van der Waals surface area contributed by atoms with E-state index >= 15 is 0 Å². The minimum Gasteiger partial charge on any atom is -0.377 e. The van der Waals surface area contributed by atoms with Gasteiger partial charge in [0.2, 0.25) is 0 Å². The Morgan fingerprint density at radius 2 is 2.00 bits per heavy atom. The van der Waals surface area contributed by atoms with Gasteiger partial charge in [0, 0.05) is 25.7 Å². The quantitative estimate of drug-likeness (QED) is 0.774. The molecule has 0 aromatic carbocycles. The first-order valence-electron chi connectivity index (χ1n) is 6.81. The van der Waals surface area contributed by atoms with Crippen LogP contribution in [0.5, 0.6) is 0 Å². The van der Waals surface area contributed by atoms with Gasteiger partial charge >= 0.3 is 0 Å². The zero-order valence-corrected chi connectivity index (χ0v) is 10.5. The zero-order valence-electron chi connectivity index (χ0n) is 10.5. The molecule has 1 saturated carbocycles. The monoisotopic (exact) mass is 226 g/mol. The first-order chi connectivity index (χ1) is 7.75. The van der Waals surface area contributed by atoms with Crippen molar-refractivity contribution in [2.24, 2.45) is 11.7 Å². The van der Waals surface area contributed by atoms with E-state index in [1.807, 2.05) is 0 Å². The van der Waals surface area contributed by atoms with Gasteiger partial charge in [0.1, 0.15) is 0 Å². The SMILES string of the molecule is CN(CC1CCCO1)CC(N)C1CCCC1. The molecule has 2 fully saturated rings. The van der Waals surface area contributed by atoms with Crippen LogP contribution in [0, 0.1) is 5.92 Å². The molecular weight excluding hydrogens is 200 g/mol. The predicted octanol–water partition coefficient (Wildman–Crippen LogP) is 1.61. The van der Waals surface area contributed by atoms with Gasteiger partial charge in [-0.2, -0.15) is 0 Å². The maximum Gasteiger partial charge on any atom is 0.0702 e. The topological polar surface area (TPSA) is 38.5 Å². The Balaban J connectivity index is 1.66. The average Bonchev–Trinajstić information content (AvgIpc) is 2.88. The second-order valence-corrected chi connectivity index (χ2v) is 5.56. The van der Waals surface area contributed by atoms with Crippen molar-refractivity contribution < 1.29 is 4.74 Å². The Labute approximate surface area is 99.3 Å². The van der Waals surface area contributed by atoms with Crippen LogP contribution in [0.2, 0.25) is 0 Å². The van der Waals surface area contributed by atoms with Crippen molar-refractivity contribution >= 4 is 0 Å². The number of hydrogen-bond acceptors (Lipinski definition) is 3. The Morgan fingerprint density at radius 1 is 1.25 bits per heavy atom. The lowest BCUT2D eigenvalue weighted by Gasteiger charge is -2.26. The molecule has 0 bridgehead atoms. The van der Waals surface area contributed by atoms with E-state index < -0.39 is 0 Å². The van der Waals surface area contributed by atoms with Gasteiger partial charge in [-0.3, -0.25) is 0 Å². The molecule has 3 heteroatoms. The first-order valence-corrected chi connectivity index (χ1v) is 6.81. The van der Waals surface area contributed by atoms with Gasteiger partial charge in [0.05, 0.1) is 6.10 Å². The predicted molar refractivity (Wildman–Crippen MR) is 66.4 cm³/mol. The molecule has 1 aliphatic carbocycles. The fraction of sp³-hybridized carbons (Fsp3) is 1.00. The number of likely N-dealkylation sites (N-methyl/N-ethyl adjacent to an activating group) is 1. The second-order valence-electron chi connectivity index (χ2n) is 5.56. The van der Waals surface area contributed by atoms with E-state index in [1.165, 1.54) is 38.5 Å². The van der Waals surface area contributed by atoms with Crippen molar-refractivity contribution in [3.05, 3.63) is 0 Å². The van der Waals surface area contributed by atoms with Crippen LogP contribution >= 0.6 is 0 Å². The third kappa shape index (κ3) is 3.44. The summed E-state index contributed by atoms with van der Waals surface area (Å²) in [6, 6.07) is 0.369. The number of nitrogens with two attached hydrogens (primary N) is 1.